The summed E-state index contributed by atoms with van der Waals surface area (Å²) in [5.41, 5.74) is 0.402. The van der Waals surface area contributed by atoms with Gasteiger partial charge >= 0.3 is 0 Å². The van der Waals surface area contributed by atoms with Crippen LogP contribution in [0.1, 0.15) is 18.4 Å². The number of nitriles is 1. The van der Waals surface area contributed by atoms with Gasteiger partial charge in [0.2, 0.25) is 21.8 Å². The first-order valence-electron chi connectivity index (χ1n) is 8.47. The number of hydrogen-bond acceptors (Lipinski definition) is 5. The Morgan fingerprint density at radius 2 is 1.81 bits per heavy atom. The summed E-state index contributed by atoms with van der Waals surface area (Å²) in [6, 6.07) is 7.77. The molecule has 3 rings (SSSR count). The minimum atomic E-state index is -3.63. The highest BCUT2D eigenvalue weighted by molar-refractivity contribution is 7.89. The third kappa shape index (κ3) is 3.71. The number of rotatable bonds is 3. The van der Waals surface area contributed by atoms with E-state index in [1.807, 2.05) is 6.07 Å². The fraction of sp³-hybridized carbons (Fsp3) is 0.471. The Hall–Kier alpha value is -2.44. The summed E-state index contributed by atoms with van der Waals surface area (Å²) in [6.45, 7) is 1.55. The van der Waals surface area contributed by atoms with Crippen molar-refractivity contribution in [3.05, 3.63) is 29.8 Å². The summed E-state index contributed by atoms with van der Waals surface area (Å²) in [4.78, 5) is 25.7. The topological polar surface area (TPSA) is 111 Å². The van der Waals surface area contributed by atoms with Crippen molar-refractivity contribution in [3.8, 4) is 6.07 Å². The molecule has 0 unspecified atom stereocenters. The van der Waals surface area contributed by atoms with Gasteiger partial charge < -0.3 is 10.2 Å². The maximum absolute atomic E-state index is 12.7. The van der Waals surface area contributed by atoms with Gasteiger partial charge in [-0.3, -0.25) is 9.59 Å². The molecule has 2 aliphatic rings. The van der Waals surface area contributed by atoms with Crippen LogP contribution in [0.25, 0.3) is 0 Å². The number of carbonyl (C=O) groups excluding carboxylic acids is 2. The molecule has 0 saturated carbocycles. The molecule has 1 aromatic carbocycles. The Kier molecular flexibility index (Phi) is 5.25. The van der Waals surface area contributed by atoms with Gasteiger partial charge in [0.1, 0.15) is 0 Å². The molecular formula is C17H20N4O4S. The predicted molar refractivity (Wildman–Crippen MR) is 92.2 cm³/mol. The first-order valence-corrected chi connectivity index (χ1v) is 9.91. The standard InChI is InChI=1S/C17H20N4O4S/c18-11-13-1-3-15(4-2-13)26(24,25)21-8-5-14(6-9-21)17(23)20-10-7-19-16(22)12-20/h1-4,14H,5-10,12H2,(H,19,22). The van der Waals surface area contributed by atoms with Crippen LogP contribution in [0.15, 0.2) is 29.2 Å². The van der Waals surface area contributed by atoms with E-state index in [9.17, 15) is 18.0 Å². The number of amides is 2. The zero-order valence-electron chi connectivity index (χ0n) is 14.2. The summed E-state index contributed by atoms with van der Waals surface area (Å²) in [6.07, 6.45) is 0.874. The molecule has 2 aliphatic heterocycles. The van der Waals surface area contributed by atoms with Gasteiger partial charge in [0.25, 0.3) is 0 Å². The number of hydrogen-bond donors (Lipinski definition) is 1. The number of sulfonamides is 1. The van der Waals surface area contributed by atoms with Gasteiger partial charge in [-0.15, -0.1) is 0 Å². The summed E-state index contributed by atoms with van der Waals surface area (Å²) < 4.78 is 26.8. The van der Waals surface area contributed by atoms with Crippen molar-refractivity contribution in [2.75, 3.05) is 32.7 Å². The number of carbonyl (C=O) groups is 2. The summed E-state index contributed by atoms with van der Waals surface area (Å²) >= 11 is 0. The van der Waals surface area contributed by atoms with Crippen molar-refractivity contribution in [2.45, 2.75) is 17.7 Å². The van der Waals surface area contributed by atoms with E-state index in [1.54, 1.807) is 4.90 Å². The second-order valence-electron chi connectivity index (χ2n) is 6.42. The Labute approximate surface area is 152 Å². The summed E-state index contributed by atoms with van der Waals surface area (Å²) in [5.74, 6) is -0.492. The average molecular weight is 376 g/mol. The molecular weight excluding hydrogens is 356 g/mol. The summed E-state index contributed by atoms with van der Waals surface area (Å²) in [5, 5.41) is 11.5. The molecule has 26 heavy (non-hydrogen) atoms. The zero-order valence-corrected chi connectivity index (χ0v) is 15.0. The van der Waals surface area contributed by atoms with Crippen LogP contribution in [0.5, 0.6) is 0 Å². The van der Waals surface area contributed by atoms with Crippen molar-refractivity contribution in [3.63, 3.8) is 0 Å². The van der Waals surface area contributed by atoms with E-state index in [0.717, 1.165) is 0 Å². The molecule has 2 fully saturated rings. The second kappa shape index (κ2) is 7.43. The van der Waals surface area contributed by atoms with Crippen LogP contribution in [0.4, 0.5) is 0 Å². The lowest BCUT2D eigenvalue weighted by Crippen LogP contribution is -2.53. The largest absolute Gasteiger partial charge is 0.353 e. The van der Waals surface area contributed by atoms with Gasteiger partial charge in [-0.1, -0.05) is 0 Å². The van der Waals surface area contributed by atoms with E-state index in [4.69, 9.17) is 5.26 Å². The molecule has 1 aromatic rings. The molecule has 8 nitrogen and oxygen atoms in total. The highest BCUT2D eigenvalue weighted by atomic mass is 32.2. The molecule has 9 heteroatoms. The van der Waals surface area contributed by atoms with Crippen LogP contribution in [-0.2, 0) is 19.6 Å². The van der Waals surface area contributed by atoms with E-state index >= 15 is 0 Å². The lowest BCUT2D eigenvalue weighted by Gasteiger charge is -2.34. The molecule has 0 atom stereocenters. The van der Waals surface area contributed by atoms with Crippen LogP contribution in [0, 0.1) is 17.2 Å². The minimum absolute atomic E-state index is 0.0720. The smallest absolute Gasteiger partial charge is 0.243 e. The highest BCUT2D eigenvalue weighted by Crippen LogP contribution is 2.25. The normalized spacial score (nSPS) is 19.7. The van der Waals surface area contributed by atoms with Gasteiger partial charge in [0, 0.05) is 32.1 Å². The zero-order chi connectivity index (χ0) is 18.7. The summed E-state index contributed by atoms with van der Waals surface area (Å²) in [7, 11) is -3.63. The van der Waals surface area contributed by atoms with Crippen molar-refractivity contribution >= 4 is 21.8 Å². The highest BCUT2D eigenvalue weighted by Gasteiger charge is 2.34. The van der Waals surface area contributed by atoms with Crippen LogP contribution >= 0.6 is 0 Å². The van der Waals surface area contributed by atoms with Crippen molar-refractivity contribution in [2.24, 2.45) is 5.92 Å². The molecule has 0 spiro atoms. The monoisotopic (exact) mass is 376 g/mol. The second-order valence-corrected chi connectivity index (χ2v) is 8.36. The quantitative estimate of drug-likeness (QED) is 0.793. The fourth-order valence-electron chi connectivity index (χ4n) is 3.28. The third-order valence-corrected chi connectivity index (χ3v) is 6.69. The lowest BCUT2D eigenvalue weighted by atomic mass is 9.96. The van der Waals surface area contributed by atoms with Gasteiger partial charge in [-0.25, -0.2) is 8.42 Å². The van der Waals surface area contributed by atoms with E-state index in [-0.39, 0.29) is 42.3 Å². The third-order valence-electron chi connectivity index (χ3n) is 4.77. The van der Waals surface area contributed by atoms with Crippen molar-refractivity contribution < 1.29 is 18.0 Å². The van der Waals surface area contributed by atoms with Crippen LogP contribution in [0.2, 0.25) is 0 Å². The predicted octanol–water partition coefficient (Wildman–Crippen LogP) is -0.0826. The molecule has 0 aromatic heterocycles. The lowest BCUT2D eigenvalue weighted by molar-refractivity contribution is -0.142. The number of nitrogens with zero attached hydrogens (tertiary/aromatic N) is 3. The maximum Gasteiger partial charge on any atom is 0.243 e. The first kappa shape index (κ1) is 18.4. The Morgan fingerprint density at radius 1 is 1.15 bits per heavy atom. The fourth-order valence-corrected chi connectivity index (χ4v) is 4.75. The van der Waals surface area contributed by atoms with Gasteiger partial charge in [0.05, 0.1) is 23.1 Å². The van der Waals surface area contributed by atoms with Crippen LogP contribution in [0.3, 0.4) is 0 Å². The Bertz CT molecular complexity index is 837. The van der Waals surface area contributed by atoms with Crippen molar-refractivity contribution in [1.82, 2.24) is 14.5 Å². The number of benzene rings is 1. The van der Waals surface area contributed by atoms with E-state index in [2.05, 4.69) is 5.32 Å². The Morgan fingerprint density at radius 3 is 2.38 bits per heavy atom. The van der Waals surface area contributed by atoms with Crippen LogP contribution < -0.4 is 5.32 Å². The molecule has 2 saturated heterocycles. The maximum atomic E-state index is 12.7. The SMILES string of the molecule is N#Cc1ccc(S(=O)(=O)N2CCC(C(=O)N3CCNC(=O)C3)CC2)cc1. The molecule has 2 heterocycles. The van der Waals surface area contributed by atoms with E-state index in [0.29, 0.717) is 31.5 Å². The number of piperidine rings is 1. The van der Waals surface area contributed by atoms with Crippen LogP contribution in [-0.4, -0.2) is 62.2 Å². The van der Waals surface area contributed by atoms with Crippen molar-refractivity contribution in [1.29, 1.82) is 5.26 Å². The molecule has 1 N–H and O–H groups in total. The molecule has 0 aliphatic carbocycles. The number of nitrogens with one attached hydrogen (secondary N) is 1. The first-order chi connectivity index (χ1) is 12.4. The average Bonchev–Trinajstić information content (AvgIpc) is 2.67. The van der Waals surface area contributed by atoms with Gasteiger partial charge in [-0.2, -0.15) is 9.57 Å². The Balaban J connectivity index is 1.63. The molecule has 0 bridgehead atoms. The van der Waals surface area contributed by atoms with Gasteiger partial charge in [-0.05, 0) is 37.1 Å². The molecule has 138 valence electrons. The van der Waals surface area contributed by atoms with Gasteiger partial charge in [0.15, 0.2) is 0 Å². The molecule has 0 radical (unpaired) electrons. The van der Waals surface area contributed by atoms with E-state index in [1.165, 1.54) is 28.6 Å². The molecule has 2 amide bonds. The number of piperazine rings is 1. The van der Waals surface area contributed by atoms with E-state index < -0.39 is 10.0 Å². The minimum Gasteiger partial charge on any atom is -0.353 e.